The summed E-state index contributed by atoms with van der Waals surface area (Å²) in [6, 6.07) is 4.29. The first-order valence-corrected chi connectivity index (χ1v) is 7.84. The molecule has 13 heavy (non-hydrogen) atoms. The molecule has 0 saturated carbocycles. The van der Waals surface area contributed by atoms with E-state index in [1.54, 1.807) is 0 Å². The van der Waals surface area contributed by atoms with Crippen molar-refractivity contribution in [2.24, 2.45) is 0 Å². The minimum Gasteiger partial charge on any atom is -0.0803 e. The van der Waals surface area contributed by atoms with Gasteiger partial charge < -0.3 is 0 Å². The third-order valence-corrected chi connectivity index (χ3v) is 9.59. The first-order chi connectivity index (χ1) is 5.79. The molecule has 0 amide bonds. The van der Waals surface area contributed by atoms with Crippen LogP contribution < -0.4 is 0 Å². The molecular weight excluding hydrogens is 183 g/mol. The van der Waals surface area contributed by atoms with E-state index in [0.717, 1.165) is 5.54 Å². The van der Waals surface area contributed by atoms with Crippen molar-refractivity contribution in [1.82, 2.24) is 0 Å². The Hall–Kier alpha value is 0.697. The Morgan fingerprint density at radius 1 is 0.923 bits per heavy atom. The van der Waals surface area contributed by atoms with Gasteiger partial charge in [-0.15, -0.1) is 0 Å². The van der Waals surface area contributed by atoms with E-state index in [0.29, 0.717) is 0 Å². The molecule has 0 N–H and O–H groups in total. The average Bonchev–Trinajstić information content (AvgIpc) is 2.62. The monoisotopic (exact) mass is 203 g/mol. The topological polar surface area (TPSA) is 0 Å². The van der Waals surface area contributed by atoms with E-state index in [1.165, 1.54) is 18.1 Å². The van der Waals surface area contributed by atoms with Crippen LogP contribution in [0.5, 0.6) is 0 Å². The molecule has 0 aromatic carbocycles. The molecule has 1 radical (unpaired) electrons. The molecule has 0 atom stereocenters. The maximum absolute atomic E-state index is 2.41. The van der Waals surface area contributed by atoms with E-state index in [9.17, 15) is 0 Å². The Labute approximate surface area is 106 Å². The van der Waals surface area contributed by atoms with E-state index in [-0.39, 0.29) is 29.6 Å². The summed E-state index contributed by atoms with van der Waals surface area (Å²) in [5.74, 6) is 0. The third-order valence-electron chi connectivity index (χ3n) is 3.57. The summed E-state index contributed by atoms with van der Waals surface area (Å²) in [6.45, 7) is 7.12. The van der Waals surface area contributed by atoms with E-state index in [2.05, 4.69) is 45.1 Å². The van der Waals surface area contributed by atoms with E-state index < -0.39 is 8.07 Å². The average molecular weight is 203 g/mol. The maximum atomic E-state index is 2.41. The number of hydrogen-bond donors (Lipinski definition) is 0. The SMILES string of the molecule is CC[Si](CC)(CC)C1C=CC=C1.[Na]. The van der Waals surface area contributed by atoms with E-state index in [4.69, 9.17) is 0 Å². The van der Waals surface area contributed by atoms with Gasteiger partial charge in [0.2, 0.25) is 0 Å². The summed E-state index contributed by atoms with van der Waals surface area (Å²) < 4.78 is 0. The molecule has 0 fully saturated rings. The van der Waals surface area contributed by atoms with Gasteiger partial charge in [-0.2, -0.15) is 0 Å². The molecule has 0 nitrogen and oxygen atoms in total. The fourth-order valence-electron chi connectivity index (χ4n) is 2.30. The number of allylic oxidation sites excluding steroid dienone is 4. The van der Waals surface area contributed by atoms with Crippen LogP contribution in [-0.4, -0.2) is 37.6 Å². The summed E-state index contributed by atoms with van der Waals surface area (Å²) in [4.78, 5) is 0. The van der Waals surface area contributed by atoms with Crippen LogP contribution in [0.1, 0.15) is 20.8 Å². The van der Waals surface area contributed by atoms with Crippen LogP contribution in [-0.2, 0) is 0 Å². The van der Waals surface area contributed by atoms with E-state index in [1.807, 2.05) is 0 Å². The normalized spacial score (nSPS) is 16.2. The van der Waals surface area contributed by atoms with Gasteiger partial charge in [-0.1, -0.05) is 63.2 Å². The zero-order valence-corrected chi connectivity index (χ0v) is 12.5. The van der Waals surface area contributed by atoms with Gasteiger partial charge in [-0.05, 0) is 5.54 Å². The quantitative estimate of drug-likeness (QED) is 0.612. The minimum absolute atomic E-state index is 0. The molecule has 0 aliphatic heterocycles. The fraction of sp³-hybridized carbons (Fsp3) is 0.636. The molecule has 0 saturated heterocycles. The molecule has 0 aromatic rings. The second kappa shape index (κ2) is 6.23. The maximum Gasteiger partial charge on any atom is 0.0641 e. The third kappa shape index (κ3) is 2.82. The summed E-state index contributed by atoms with van der Waals surface area (Å²) in [5.41, 5.74) is 0.831. The molecule has 69 valence electrons. The van der Waals surface area contributed by atoms with Crippen LogP contribution in [0.15, 0.2) is 24.3 Å². The Morgan fingerprint density at radius 2 is 1.31 bits per heavy atom. The van der Waals surface area contributed by atoms with Gasteiger partial charge in [0, 0.05) is 29.6 Å². The van der Waals surface area contributed by atoms with Gasteiger partial charge in [-0.25, -0.2) is 0 Å². The summed E-state index contributed by atoms with van der Waals surface area (Å²) in [7, 11) is -0.958. The van der Waals surface area contributed by atoms with Gasteiger partial charge in [0.25, 0.3) is 0 Å². The predicted octanol–water partition coefficient (Wildman–Crippen LogP) is 3.61. The molecule has 0 bridgehead atoms. The molecule has 0 spiro atoms. The molecule has 2 heteroatoms. The molecule has 0 aromatic heterocycles. The van der Waals surface area contributed by atoms with Crippen LogP contribution in [0.4, 0.5) is 0 Å². The minimum atomic E-state index is -0.958. The first kappa shape index (κ1) is 13.7. The van der Waals surface area contributed by atoms with Crippen LogP contribution in [0, 0.1) is 0 Å². The molecule has 0 unspecified atom stereocenters. The zero-order valence-electron chi connectivity index (χ0n) is 9.51. The van der Waals surface area contributed by atoms with Gasteiger partial charge in [-0.3, -0.25) is 0 Å². The molecule has 1 aliphatic carbocycles. The van der Waals surface area contributed by atoms with Crippen LogP contribution >= 0.6 is 0 Å². The molecule has 0 heterocycles. The van der Waals surface area contributed by atoms with Crippen LogP contribution in [0.3, 0.4) is 0 Å². The van der Waals surface area contributed by atoms with Gasteiger partial charge in [0.15, 0.2) is 0 Å². The Balaban J connectivity index is 0.00000144. The summed E-state index contributed by atoms with van der Waals surface area (Å²) in [6.07, 6.45) is 9.24. The fourth-order valence-corrected chi connectivity index (χ4v) is 6.25. The van der Waals surface area contributed by atoms with Crippen molar-refractivity contribution in [1.29, 1.82) is 0 Å². The second-order valence-corrected chi connectivity index (χ2v) is 9.23. The number of rotatable bonds is 4. The predicted molar refractivity (Wildman–Crippen MR) is 65.0 cm³/mol. The van der Waals surface area contributed by atoms with Crippen LogP contribution in [0.2, 0.25) is 23.7 Å². The van der Waals surface area contributed by atoms with Crippen molar-refractivity contribution in [3.63, 3.8) is 0 Å². The van der Waals surface area contributed by atoms with Crippen LogP contribution in [0.25, 0.3) is 0 Å². The van der Waals surface area contributed by atoms with Crippen molar-refractivity contribution in [3.05, 3.63) is 24.3 Å². The summed E-state index contributed by atoms with van der Waals surface area (Å²) in [5, 5.41) is 0. The smallest absolute Gasteiger partial charge is 0.0641 e. The zero-order chi connectivity index (χ0) is 9.03. The van der Waals surface area contributed by atoms with Crippen molar-refractivity contribution in [3.8, 4) is 0 Å². The Morgan fingerprint density at radius 3 is 1.62 bits per heavy atom. The summed E-state index contributed by atoms with van der Waals surface area (Å²) >= 11 is 0. The van der Waals surface area contributed by atoms with Crippen molar-refractivity contribution in [2.45, 2.75) is 44.4 Å². The Kier molecular flexibility index (Phi) is 6.57. The van der Waals surface area contributed by atoms with Crippen molar-refractivity contribution < 1.29 is 0 Å². The van der Waals surface area contributed by atoms with Gasteiger partial charge in [0.1, 0.15) is 0 Å². The molecular formula is C11H20NaSi. The van der Waals surface area contributed by atoms with E-state index >= 15 is 0 Å². The molecule has 1 rings (SSSR count). The number of hydrogen-bond acceptors (Lipinski definition) is 0. The van der Waals surface area contributed by atoms with Gasteiger partial charge >= 0.3 is 0 Å². The van der Waals surface area contributed by atoms with Crippen molar-refractivity contribution >= 4 is 37.6 Å². The van der Waals surface area contributed by atoms with Gasteiger partial charge in [0.05, 0.1) is 8.07 Å². The standard InChI is InChI=1S/C11H20Si.Na/c1-4-12(5-2,6-3)11-9-7-8-10-11;/h7-11H,4-6H2,1-3H3;. The molecule has 1 aliphatic rings. The van der Waals surface area contributed by atoms with Crippen molar-refractivity contribution in [2.75, 3.05) is 0 Å². The largest absolute Gasteiger partial charge is 0.0803 e. The first-order valence-electron chi connectivity index (χ1n) is 5.14. The second-order valence-electron chi connectivity index (χ2n) is 3.72. The Bertz CT molecular complexity index is 172.